The molecule has 1 aromatic heterocycles. The van der Waals surface area contributed by atoms with Gasteiger partial charge in [-0.05, 0) is 45.7 Å². The van der Waals surface area contributed by atoms with Gasteiger partial charge in [0, 0.05) is 48.6 Å². The lowest BCUT2D eigenvalue weighted by Crippen LogP contribution is -2.40. The molecule has 1 atom stereocenters. The Bertz CT molecular complexity index is 736. The van der Waals surface area contributed by atoms with Crippen LogP contribution in [0.1, 0.15) is 60.4 Å². The van der Waals surface area contributed by atoms with E-state index >= 15 is 0 Å². The van der Waals surface area contributed by atoms with Crippen LogP contribution in [-0.2, 0) is 0 Å². The number of carbonyl (C=O) groups is 1. The highest BCUT2D eigenvalue weighted by Gasteiger charge is 2.29. The Hall–Kier alpha value is -2.30. The zero-order chi connectivity index (χ0) is 17.3. The van der Waals surface area contributed by atoms with Gasteiger partial charge in [-0.15, -0.1) is 0 Å². The third kappa shape index (κ3) is 3.03. The van der Waals surface area contributed by atoms with Gasteiger partial charge in [-0.2, -0.15) is 0 Å². The first-order chi connectivity index (χ1) is 11.5. The minimum Gasteiger partial charge on any atom is -0.508 e. The van der Waals surface area contributed by atoms with Crippen molar-refractivity contribution >= 4 is 5.91 Å². The fourth-order valence-electron chi connectivity index (χ4n) is 3.48. The third-order valence-corrected chi connectivity index (χ3v) is 4.86. The van der Waals surface area contributed by atoms with Crippen molar-refractivity contribution in [3.63, 3.8) is 0 Å². The standard InChI is InChI=1S/C19H25N3O2/c1-13(2)22-11-9-20-18(22)15-6-5-10-21(12-15)19(24)16-7-4-8-17(23)14(16)3/h4,7-9,11,13,15,23H,5-6,10,12H2,1-3H3/t15-/m1/s1. The molecule has 24 heavy (non-hydrogen) atoms. The Balaban J connectivity index is 1.82. The van der Waals surface area contributed by atoms with Crippen LogP contribution in [0.5, 0.6) is 5.75 Å². The van der Waals surface area contributed by atoms with Gasteiger partial charge in [0.2, 0.25) is 0 Å². The zero-order valence-corrected chi connectivity index (χ0v) is 14.6. The molecule has 1 aromatic carbocycles. The molecule has 1 aliphatic heterocycles. The Labute approximate surface area is 142 Å². The first-order valence-corrected chi connectivity index (χ1v) is 8.59. The molecule has 5 heteroatoms. The molecule has 5 nitrogen and oxygen atoms in total. The summed E-state index contributed by atoms with van der Waals surface area (Å²) in [5.41, 5.74) is 1.23. The van der Waals surface area contributed by atoms with Gasteiger partial charge in [0.15, 0.2) is 0 Å². The van der Waals surface area contributed by atoms with Crippen LogP contribution in [0, 0.1) is 6.92 Å². The second-order valence-electron chi connectivity index (χ2n) is 6.83. The quantitative estimate of drug-likeness (QED) is 0.938. The molecule has 1 N–H and O–H groups in total. The third-order valence-electron chi connectivity index (χ3n) is 4.86. The summed E-state index contributed by atoms with van der Waals surface area (Å²) in [5, 5.41) is 9.86. The second-order valence-corrected chi connectivity index (χ2v) is 6.83. The van der Waals surface area contributed by atoms with Gasteiger partial charge in [-0.25, -0.2) is 4.98 Å². The largest absolute Gasteiger partial charge is 0.508 e. The van der Waals surface area contributed by atoms with Crippen LogP contribution < -0.4 is 0 Å². The van der Waals surface area contributed by atoms with E-state index in [2.05, 4.69) is 23.4 Å². The normalized spacial score (nSPS) is 18.2. The van der Waals surface area contributed by atoms with Gasteiger partial charge < -0.3 is 14.6 Å². The highest BCUT2D eigenvalue weighted by molar-refractivity contribution is 5.96. The predicted molar refractivity (Wildman–Crippen MR) is 93.3 cm³/mol. The fraction of sp³-hybridized carbons (Fsp3) is 0.474. The van der Waals surface area contributed by atoms with E-state index in [4.69, 9.17) is 0 Å². The Kier molecular flexibility index (Phi) is 4.60. The Morgan fingerprint density at radius 2 is 2.17 bits per heavy atom. The van der Waals surface area contributed by atoms with Gasteiger partial charge >= 0.3 is 0 Å². The highest BCUT2D eigenvalue weighted by atomic mass is 16.3. The van der Waals surface area contributed by atoms with Crippen LogP contribution in [0.15, 0.2) is 30.6 Å². The summed E-state index contributed by atoms with van der Waals surface area (Å²) in [4.78, 5) is 19.3. The Morgan fingerprint density at radius 1 is 1.38 bits per heavy atom. The molecular weight excluding hydrogens is 302 g/mol. The molecule has 2 heterocycles. The van der Waals surface area contributed by atoms with Crippen LogP contribution in [0.3, 0.4) is 0 Å². The first-order valence-electron chi connectivity index (χ1n) is 8.59. The van der Waals surface area contributed by atoms with E-state index in [1.165, 1.54) is 0 Å². The van der Waals surface area contributed by atoms with E-state index in [0.29, 0.717) is 23.7 Å². The highest BCUT2D eigenvalue weighted by Crippen LogP contribution is 2.29. The van der Waals surface area contributed by atoms with Gasteiger partial charge in [0.25, 0.3) is 5.91 Å². The molecule has 0 radical (unpaired) electrons. The van der Waals surface area contributed by atoms with Crippen molar-refractivity contribution in [2.45, 2.75) is 45.6 Å². The number of aromatic hydroxyl groups is 1. The number of phenolic OH excluding ortho intramolecular Hbond substituents is 1. The summed E-state index contributed by atoms with van der Waals surface area (Å²) in [6.07, 6.45) is 5.88. The number of benzene rings is 1. The average Bonchev–Trinajstić information content (AvgIpc) is 3.07. The van der Waals surface area contributed by atoms with E-state index in [1.807, 2.05) is 17.3 Å². The van der Waals surface area contributed by atoms with Crippen molar-refractivity contribution in [1.82, 2.24) is 14.5 Å². The molecule has 0 unspecified atom stereocenters. The summed E-state index contributed by atoms with van der Waals surface area (Å²) in [5.74, 6) is 1.49. The van der Waals surface area contributed by atoms with Gasteiger partial charge in [0.05, 0.1) is 0 Å². The lowest BCUT2D eigenvalue weighted by molar-refractivity contribution is 0.0702. The maximum Gasteiger partial charge on any atom is 0.254 e. The number of likely N-dealkylation sites (tertiary alicyclic amines) is 1. The Morgan fingerprint density at radius 3 is 2.92 bits per heavy atom. The van der Waals surface area contributed by atoms with Crippen LogP contribution in [-0.4, -0.2) is 38.6 Å². The van der Waals surface area contributed by atoms with Gasteiger partial charge in [-0.3, -0.25) is 4.79 Å². The molecule has 0 spiro atoms. The smallest absolute Gasteiger partial charge is 0.254 e. The van der Waals surface area contributed by atoms with Crippen molar-refractivity contribution in [2.24, 2.45) is 0 Å². The molecule has 0 saturated carbocycles. The molecule has 128 valence electrons. The van der Waals surface area contributed by atoms with Crippen LogP contribution >= 0.6 is 0 Å². The number of hydrogen-bond acceptors (Lipinski definition) is 3. The lowest BCUT2D eigenvalue weighted by atomic mass is 9.95. The van der Waals surface area contributed by atoms with E-state index in [-0.39, 0.29) is 17.6 Å². The fourth-order valence-corrected chi connectivity index (χ4v) is 3.48. The summed E-state index contributed by atoms with van der Waals surface area (Å²) in [6.45, 7) is 7.51. The van der Waals surface area contributed by atoms with E-state index in [0.717, 1.165) is 25.2 Å². The van der Waals surface area contributed by atoms with Crippen molar-refractivity contribution in [2.75, 3.05) is 13.1 Å². The molecule has 1 fully saturated rings. The maximum absolute atomic E-state index is 12.9. The molecule has 1 amide bonds. The minimum absolute atomic E-state index is 0.00393. The molecule has 2 aromatic rings. The number of phenols is 1. The van der Waals surface area contributed by atoms with E-state index in [1.54, 1.807) is 25.1 Å². The maximum atomic E-state index is 12.9. The molecule has 3 rings (SSSR count). The number of aromatic nitrogens is 2. The number of hydrogen-bond donors (Lipinski definition) is 1. The number of piperidine rings is 1. The molecule has 0 bridgehead atoms. The number of amides is 1. The molecule has 1 aliphatic rings. The SMILES string of the molecule is Cc1c(O)cccc1C(=O)N1CCC[C@@H](c2nccn2C(C)C)C1. The van der Waals surface area contributed by atoms with Crippen molar-refractivity contribution in [3.8, 4) is 5.75 Å². The lowest BCUT2D eigenvalue weighted by Gasteiger charge is -2.33. The average molecular weight is 327 g/mol. The topological polar surface area (TPSA) is 58.4 Å². The van der Waals surface area contributed by atoms with Crippen molar-refractivity contribution in [1.29, 1.82) is 0 Å². The van der Waals surface area contributed by atoms with E-state index in [9.17, 15) is 9.90 Å². The van der Waals surface area contributed by atoms with Crippen LogP contribution in [0.4, 0.5) is 0 Å². The minimum atomic E-state index is -0.00393. The summed E-state index contributed by atoms with van der Waals surface area (Å²) < 4.78 is 2.19. The number of nitrogens with zero attached hydrogens (tertiary/aromatic N) is 3. The first kappa shape index (κ1) is 16.6. The predicted octanol–water partition coefficient (Wildman–Crippen LogP) is 3.50. The number of rotatable bonds is 3. The zero-order valence-electron chi connectivity index (χ0n) is 14.6. The second kappa shape index (κ2) is 6.67. The van der Waals surface area contributed by atoms with E-state index < -0.39 is 0 Å². The number of carbonyl (C=O) groups excluding carboxylic acids is 1. The molecular formula is C19H25N3O2. The summed E-state index contributed by atoms with van der Waals surface area (Å²) >= 11 is 0. The summed E-state index contributed by atoms with van der Waals surface area (Å²) in [6, 6.07) is 5.49. The van der Waals surface area contributed by atoms with Crippen molar-refractivity contribution < 1.29 is 9.90 Å². The van der Waals surface area contributed by atoms with Crippen LogP contribution in [0.25, 0.3) is 0 Å². The molecule has 0 aliphatic carbocycles. The van der Waals surface area contributed by atoms with Crippen LogP contribution in [0.2, 0.25) is 0 Å². The monoisotopic (exact) mass is 327 g/mol. The van der Waals surface area contributed by atoms with Gasteiger partial charge in [0.1, 0.15) is 11.6 Å². The van der Waals surface area contributed by atoms with Gasteiger partial charge in [-0.1, -0.05) is 6.07 Å². The summed E-state index contributed by atoms with van der Waals surface area (Å²) in [7, 11) is 0. The van der Waals surface area contributed by atoms with Crippen molar-refractivity contribution in [3.05, 3.63) is 47.5 Å². The number of imidazole rings is 1. The molecule has 1 saturated heterocycles.